The van der Waals surface area contributed by atoms with Crippen molar-refractivity contribution in [2.75, 3.05) is 5.32 Å². The van der Waals surface area contributed by atoms with Gasteiger partial charge in [0, 0.05) is 11.8 Å². The van der Waals surface area contributed by atoms with E-state index in [-0.39, 0.29) is 6.04 Å². The van der Waals surface area contributed by atoms with E-state index in [1.807, 2.05) is 26.8 Å². The van der Waals surface area contributed by atoms with Crippen LogP contribution in [-0.2, 0) is 0 Å². The summed E-state index contributed by atoms with van der Waals surface area (Å²) in [6, 6.07) is 1.87. The van der Waals surface area contributed by atoms with Gasteiger partial charge in [-0.2, -0.15) is 0 Å². The van der Waals surface area contributed by atoms with E-state index in [1.54, 1.807) is 6.20 Å². The quantitative estimate of drug-likeness (QED) is 0.856. The first kappa shape index (κ1) is 10.6. The second-order valence-electron chi connectivity index (χ2n) is 3.72. The van der Waals surface area contributed by atoms with E-state index in [1.165, 1.54) is 6.33 Å². The molecule has 1 N–H and O–H groups in total. The summed E-state index contributed by atoms with van der Waals surface area (Å²) in [6.07, 6.45) is 3.24. The van der Waals surface area contributed by atoms with Crippen molar-refractivity contribution < 1.29 is 4.42 Å². The lowest BCUT2D eigenvalue weighted by atomic mass is 10.3. The Morgan fingerprint density at radius 1 is 1.25 bits per heavy atom. The Kier molecular flexibility index (Phi) is 2.85. The minimum absolute atomic E-state index is 0.0111. The van der Waals surface area contributed by atoms with Gasteiger partial charge in [-0.25, -0.2) is 15.0 Å². The van der Waals surface area contributed by atoms with Crippen molar-refractivity contribution in [3.63, 3.8) is 0 Å². The highest BCUT2D eigenvalue weighted by atomic mass is 16.4. The van der Waals surface area contributed by atoms with Crippen molar-refractivity contribution in [3.05, 3.63) is 35.9 Å². The van der Waals surface area contributed by atoms with Gasteiger partial charge in [0.25, 0.3) is 0 Å². The largest absolute Gasteiger partial charge is 0.444 e. The van der Waals surface area contributed by atoms with Crippen LogP contribution in [0.2, 0.25) is 0 Å². The predicted molar refractivity (Wildman–Crippen MR) is 60.0 cm³/mol. The van der Waals surface area contributed by atoms with Gasteiger partial charge in [-0.15, -0.1) is 0 Å². The van der Waals surface area contributed by atoms with Gasteiger partial charge in [0.05, 0.1) is 6.20 Å². The molecule has 0 saturated carbocycles. The fourth-order valence-corrected chi connectivity index (χ4v) is 1.39. The lowest BCUT2D eigenvalue weighted by Crippen LogP contribution is -2.08. The van der Waals surface area contributed by atoms with Gasteiger partial charge in [-0.3, -0.25) is 0 Å². The molecule has 16 heavy (non-hydrogen) atoms. The second-order valence-corrected chi connectivity index (χ2v) is 3.72. The molecule has 0 radical (unpaired) electrons. The monoisotopic (exact) mass is 218 g/mol. The molecule has 0 amide bonds. The lowest BCUT2D eigenvalue weighted by Gasteiger charge is -2.10. The van der Waals surface area contributed by atoms with E-state index < -0.39 is 0 Å². The van der Waals surface area contributed by atoms with Crippen LogP contribution >= 0.6 is 0 Å². The smallest absolute Gasteiger partial charge is 0.216 e. The molecule has 0 aliphatic rings. The number of aromatic nitrogens is 3. The van der Waals surface area contributed by atoms with Gasteiger partial charge in [-0.1, -0.05) is 0 Å². The van der Waals surface area contributed by atoms with Crippen molar-refractivity contribution in [1.82, 2.24) is 15.0 Å². The molecule has 84 valence electrons. The van der Waals surface area contributed by atoms with Crippen LogP contribution in [0.1, 0.15) is 30.3 Å². The molecular formula is C11H14N4O. The molecule has 2 heterocycles. The maximum atomic E-state index is 5.43. The summed E-state index contributed by atoms with van der Waals surface area (Å²) in [5.74, 6) is 2.24. The number of aryl methyl sites for hydroxylation is 2. The summed E-state index contributed by atoms with van der Waals surface area (Å²) in [4.78, 5) is 12.3. The van der Waals surface area contributed by atoms with Crippen LogP contribution in [0, 0.1) is 13.8 Å². The fourth-order valence-electron chi connectivity index (χ4n) is 1.39. The summed E-state index contributed by atoms with van der Waals surface area (Å²) in [6.45, 7) is 5.77. The van der Waals surface area contributed by atoms with Crippen LogP contribution < -0.4 is 5.32 Å². The highest BCUT2D eigenvalue weighted by Gasteiger charge is 2.11. The summed E-state index contributed by atoms with van der Waals surface area (Å²) in [5.41, 5.74) is 0.924. The van der Waals surface area contributed by atoms with Crippen LogP contribution in [0.25, 0.3) is 0 Å². The Bertz CT molecular complexity index is 480. The van der Waals surface area contributed by atoms with Crippen molar-refractivity contribution >= 4 is 5.82 Å². The van der Waals surface area contributed by atoms with Crippen LogP contribution in [0.3, 0.4) is 0 Å². The number of hydrogen-bond donors (Lipinski definition) is 1. The zero-order valence-electron chi connectivity index (χ0n) is 9.56. The molecule has 2 rings (SSSR count). The minimum atomic E-state index is -0.0111. The molecule has 0 aliphatic heterocycles. The van der Waals surface area contributed by atoms with Crippen molar-refractivity contribution in [2.45, 2.75) is 26.8 Å². The first-order chi connectivity index (χ1) is 7.65. The molecule has 0 saturated heterocycles. The van der Waals surface area contributed by atoms with Gasteiger partial charge >= 0.3 is 0 Å². The first-order valence-electron chi connectivity index (χ1n) is 5.12. The number of oxazole rings is 1. The minimum Gasteiger partial charge on any atom is -0.444 e. The van der Waals surface area contributed by atoms with Gasteiger partial charge in [0.15, 0.2) is 0 Å². The zero-order chi connectivity index (χ0) is 11.5. The van der Waals surface area contributed by atoms with Crippen LogP contribution in [0.4, 0.5) is 5.82 Å². The predicted octanol–water partition coefficient (Wildman–Crippen LogP) is 2.25. The van der Waals surface area contributed by atoms with Crippen molar-refractivity contribution in [2.24, 2.45) is 0 Å². The maximum absolute atomic E-state index is 5.43. The normalized spacial score (nSPS) is 12.4. The third-order valence-electron chi connectivity index (χ3n) is 2.18. The summed E-state index contributed by atoms with van der Waals surface area (Å²) in [7, 11) is 0. The van der Waals surface area contributed by atoms with Gasteiger partial charge in [0.1, 0.15) is 23.9 Å². The average Bonchev–Trinajstić information content (AvgIpc) is 2.65. The topological polar surface area (TPSA) is 63.8 Å². The second kappa shape index (κ2) is 4.30. The van der Waals surface area contributed by atoms with E-state index in [0.29, 0.717) is 5.89 Å². The molecule has 5 heteroatoms. The Balaban J connectivity index is 2.10. The highest BCUT2D eigenvalue weighted by molar-refractivity contribution is 5.36. The van der Waals surface area contributed by atoms with E-state index in [2.05, 4.69) is 20.3 Å². The Morgan fingerprint density at radius 2 is 2.06 bits per heavy atom. The molecule has 0 fully saturated rings. The van der Waals surface area contributed by atoms with E-state index in [9.17, 15) is 0 Å². The van der Waals surface area contributed by atoms with E-state index in [4.69, 9.17) is 4.42 Å². The van der Waals surface area contributed by atoms with Crippen molar-refractivity contribution in [3.8, 4) is 0 Å². The number of hydrogen-bond acceptors (Lipinski definition) is 5. The SMILES string of the molecule is Cc1cc(NC(C)c2ncc(C)o2)ncn1. The van der Waals surface area contributed by atoms with Crippen LogP contribution in [0.5, 0.6) is 0 Å². The van der Waals surface area contributed by atoms with Crippen molar-refractivity contribution in [1.29, 1.82) is 0 Å². The third-order valence-corrected chi connectivity index (χ3v) is 2.18. The number of nitrogens with zero attached hydrogens (tertiary/aromatic N) is 3. The number of nitrogens with one attached hydrogen (secondary N) is 1. The average molecular weight is 218 g/mol. The molecule has 0 bridgehead atoms. The van der Waals surface area contributed by atoms with Gasteiger partial charge in [0.2, 0.25) is 5.89 Å². The van der Waals surface area contributed by atoms with E-state index >= 15 is 0 Å². The fraction of sp³-hybridized carbons (Fsp3) is 0.364. The highest BCUT2D eigenvalue weighted by Crippen LogP contribution is 2.17. The van der Waals surface area contributed by atoms with Gasteiger partial charge in [-0.05, 0) is 20.8 Å². The molecular weight excluding hydrogens is 204 g/mol. The standard InChI is InChI=1S/C11H14N4O/c1-7-4-10(14-6-13-7)15-9(3)11-12-5-8(2)16-11/h4-6,9H,1-3H3,(H,13,14,15). The Morgan fingerprint density at radius 3 is 2.69 bits per heavy atom. The summed E-state index contributed by atoms with van der Waals surface area (Å²) in [5, 5.41) is 3.20. The molecule has 0 aliphatic carbocycles. The third kappa shape index (κ3) is 2.36. The number of rotatable bonds is 3. The molecule has 2 aromatic rings. The molecule has 0 aromatic carbocycles. The summed E-state index contributed by atoms with van der Waals surface area (Å²) < 4.78 is 5.43. The Hall–Kier alpha value is -1.91. The zero-order valence-corrected chi connectivity index (χ0v) is 9.56. The first-order valence-corrected chi connectivity index (χ1v) is 5.12. The number of anilines is 1. The van der Waals surface area contributed by atoms with E-state index in [0.717, 1.165) is 17.3 Å². The van der Waals surface area contributed by atoms with Crippen LogP contribution in [0.15, 0.2) is 23.0 Å². The Labute approximate surface area is 94.0 Å². The summed E-state index contributed by atoms with van der Waals surface area (Å²) >= 11 is 0. The molecule has 1 atom stereocenters. The molecule has 0 spiro atoms. The molecule has 2 aromatic heterocycles. The maximum Gasteiger partial charge on any atom is 0.216 e. The molecule has 1 unspecified atom stereocenters. The lowest BCUT2D eigenvalue weighted by molar-refractivity contribution is 0.453. The molecule has 5 nitrogen and oxygen atoms in total. The van der Waals surface area contributed by atoms with Gasteiger partial charge < -0.3 is 9.73 Å². The van der Waals surface area contributed by atoms with Crippen LogP contribution in [-0.4, -0.2) is 15.0 Å².